The Balaban J connectivity index is 1.98. The van der Waals surface area contributed by atoms with E-state index in [-0.39, 0.29) is 0 Å². The van der Waals surface area contributed by atoms with Crippen molar-refractivity contribution in [3.05, 3.63) is 23.9 Å². The molecule has 1 unspecified atom stereocenters. The summed E-state index contributed by atoms with van der Waals surface area (Å²) in [7, 11) is 0. The number of hydrogen-bond donors (Lipinski definition) is 1. The third kappa shape index (κ3) is 4.00. The van der Waals surface area contributed by atoms with Gasteiger partial charge in [-0.3, -0.25) is 0 Å². The van der Waals surface area contributed by atoms with Crippen LogP contribution in [0.25, 0.3) is 0 Å². The zero-order valence-corrected chi connectivity index (χ0v) is 11.8. The topological polar surface area (TPSA) is 24.9 Å². The van der Waals surface area contributed by atoms with Crippen LogP contribution in [0.1, 0.15) is 39.2 Å². The van der Waals surface area contributed by atoms with Crippen molar-refractivity contribution in [1.29, 1.82) is 0 Å². The average Bonchev–Trinajstić information content (AvgIpc) is 3.11. The van der Waals surface area contributed by atoms with Crippen LogP contribution >= 0.6 is 11.8 Å². The SMILES string of the molecule is CC(C)C(C)Sc1ncccc1CNC1CC1. The molecule has 3 heteroatoms. The van der Waals surface area contributed by atoms with Gasteiger partial charge in [-0.05, 0) is 30.4 Å². The first-order valence-electron chi connectivity index (χ1n) is 6.50. The Hall–Kier alpha value is -0.540. The van der Waals surface area contributed by atoms with Crippen LogP contribution in [0.5, 0.6) is 0 Å². The number of nitrogens with one attached hydrogen (secondary N) is 1. The number of rotatable bonds is 6. The maximum Gasteiger partial charge on any atom is 0.101 e. The van der Waals surface area contributed by atoms with Gasteiger partial charge in [0.05, 0.1) is 0 Å². The van der Waals surface area contributed by atoms with Crippen LogP contribution in [-0.4, -0.2) is 16.3 Å². The van der Waals surface area contributed by atoms with Crippen molar-refractivity contribution >= 4 is 11.8 Å². The maximum absolute atomic E-state index is 4.52. The molecule has 0 radical (unpaired) electrons. The van der Waals surface area contributed by atoms with E-state index >= 15 is 0 Å². The van der Waals surface area contributed by atoms with E-state index in [1.165, 1.54) is 23.4 Å². The van der Waals surface area contributed by atoms with E-state index in [4.69, 9.17) is 0 Å². The first-order valence-corrected chi connectivity index (χ1v) is 7.38. The normalized spacial score (nSPS) is 17.4. The highest BCUT2D eigenvalue weighted by Gasteiger charge is 2.21. The molecule has 0 amide bonds. The first-order chi connectivity index (χ1) is 8.16. The van der Waals surface area contributed by atoms with Gasteiger partial charge in [-0.2, -0.15) is 0 Å². The molecular formula is C14H22N2S. The molecule has 1 fully saturated rings. The Morgan fingerprint density at radius 3 is 2.82 bits per heavy atom. The molecule has 1 aromatic rings. The average molecular weight is 250 g/mol. The van der Waals surface area contributed by atoms with Crippen molar-refractivity contribution in [3.63, 3.8) is 0 Å². The van der Waals surface area contributed by atoms with Crippen molar-refractivity contribution in [2.45, 2.75) is 56.5 Å². The first kappa shape index (κ1) is 12.9. The Labute approximate surface area is 109 Å². The molecule has 1 atom stereocenters. The van der Waals surface area contributed by atoms with Crippen LogP contribution in [0.15, 0.2) is 23.4 Å². The van der Waals surface area contributed by atoms with Crippen molar-refractivity contribution in [2.24, 2.45) is 5.92 Å². The highest BCUT2D eigenvalue weighted by Crippen LogP contribution is 2.29. The molecule has 0 spiro atoms. The van der Waals surface area contributed by atoms with Gasteiger partial charge in [0.25, 0.3) is 0 Å². The minimum Gasteiger partial charge on any atom is -0.310 e. The van der Waals surface area contributed by atoms with Crippen LogP contribution < -0.4 is 5.32 Å². The zero-order valence-electron chi connectivity index (χ0n) is 10.9. The van der Waals surface area contributed by atoms with Gasteiger partial charge in [-0.15, -0.1) is 11.8 Å². The maximum atomic E-state index is 4.52. The molecule has 1 saturated carbocycles. The zero-order chi connectivity index (χ0) is 12.3. The fourth-order valence-electron chi connectivity index (χ4n) is 1.52. The van der Waals surface area contributed by atoms with E-state index in [1.54, 1.807) is 0 Å². The van der Waals surface area contributed by atoms with Gasteiger partial charge in [0.1, 0.15) is 5.03 Å². The third-order valence-corrected chi connectivity index (χ3v) is 4.75. The van der Waals surface area contributed by atoms with Crippen molar-refractivity contribution in [3.8, 4) is 0 Å². The predicted octanol–water partition coefficient (Wildman–Crippen LogP) is 3.47. The molecule has 0 aliphatic heterocycles. The lowest BCUT2D eigenvalue weighted by atomic mass is 10.2. The molecule has 2 rings (SSSR count). The molecule has 0 saturated heterocycles. The summed E-state index contributed by atoms with van der Waals surface area (Å²) in [6, 6.07) is 4.99. The molecule has 1 aliphatic rings. The third-order valence-electron chi connectivity index (χ3n) is 3.24. The lowest BCUT2D eigenvalue weighted by Crippen LogP contribution is -2.16. The standard InChI is InChI=1S/C14H22N2S/c1-10(2)11(3)17-14-12(5-4-8-15-14)9-16-13-6-7-13/h4-5,8,10-11,13,16H,6-7,9H2,1-3H3. The summed E-state index contributed by atoms with van der Waals surface area (Å²) in [5.74, 6) is 0.686. The van der Waals surface area contributed by atoms with Crippen LogP contribution in [0.2, 0.25) is 0 Å². The summed E-state index contributed by atoms with van der Waals surface area (Å²) in [5, 5.41) is 5.37. The van der Waals surface area contributed by atoms with Crippen molar-refractivity contribution in [1.82, 2.24) is 10.3 Å². The molecule has 94 valence electrons. The molecule has 1 aromatic heterocycles. The molecule has 1 heterocycles. The van der Waals surface area contributed by atoms with E-state index in [9.17, 15) is 0 Å². The number of pyridine rings is 1. The minimum atomic E-state index is 0.615. The van der Waals surface area contributed by atoms with Crippen molar-refractivity contribution in [2.75, 3.05) is 0 Å². The fraction of sp³-hybridized carbons (Fsp3) is 0.643. The molecule has 0 bridgehead atoms. The second-order valence-corrected chi connectivity index (χ2v) is 6.56. The summed E-state index contributed by atoms with van der Waals surface area (Å²) in [6.07, 6.45) is 4.58. The van der Waals surface area contributed by atoms with Gasteiger partial charge >= 0.3 is 0 Å². The van der Waals surface area contributed by atoms with E-state index in [0.29, 0.717) is 11.2 Å². The quantitative estimate of drug-likeness (QED) is 0.783. The van der Waals surface area contributed by atoms with E-state index in [1.807, 2.05) is 24.0 Å². The van der Waals surface area contributed by atoms with Crippen LogP contribution in [0, 0.1) is 5.92 Å². The van der Waals surface area contributed by atoms with Gasteiger partial charge in [0.15, 0.2) is 0 Å². The molecule has 1 aliphatic carbocycles. The summed E-state index contributed by atoms with van der Waals surface area (Å²) >= 11 is 1.90. The van der Waals surface area contributed by atoms with Gasteiger partial charge < -0.3 is 5.32 Å². The largest absolute Gasteiger partial charge is 0.310 e. The fourth-order valence-corrected chi connectivity index (χ4v) is 2.56. The molecule has 17 heavy (non-hydrogen) atoms. The Morgan fingerprint density at radius 2 is 2.18 bits per heavy atom. The summed E-state index contributed by atoms with van der Waals surface area (Å²) in [4.78, 5) is 4.52. The molecular weight excluding hydrogens is 228 g/mol. The lowest BCUT2D eigenvalue weighted by Gasteiger charge is -2.16. The number of aromatic nitrogens is 1. The molecule has 1 N–H and O–H groups in total. The summed E-state index contributed by atoms with van der Waals surface area (Å²) < 4.78 is 0. The predicted molar refractivity (Wildman–Crippen MR) is 74.3 cm³/mol. The highest BCUT2D eigenvalue weighted by atomic mass is 32.2. The molecule has 0 aromatic carbocycles. The molecule has 2 nitrogen and oxygen atoms in total. The van der Waals surface area contributed by atoms with E-state index < -0.39 is 0 Å². The second kappa shape index (κ2) is 5.87. The highest BCUT2D eigenvalue weighted by molar-refractivity contribution is 7.99. The van der Waals surface area contributed by atoms with Crippen LogP contribution in [0.3, 0.4) is 0 Å². The van der Waals surface area contributed by atoms with Crippen LogP contribution in [0.4, 0.5) is 0 Å². The van der Waals surface area contributed by atoms with Crippen molar-refractivity contribution < 1.29 is 0 Å². The van der Waals surface area contributed by atoms with Crippen LogP contribution in [-0.2, 0) is 6.54 Å². The van der Waals surface area contributed by atoms with E-state index in [0.717, 1.165) is 12.6 Å². The van der Waals surface area contributed by atoms with E-state index in [2.05, 4.69) is 37.1 Å². The number of thioether (sulfide) groups is 1. The van der Waals surface area contributed by atoms with Gasteiger partial charge in [-0.25, -0.2) is 4.98 Å². The lowest BCUT2D eigenvalue weighted by molar-refractivity contribution is 0.639. The summed E-state index contributed by atoms with van der Waals surface area (Å²) in [5.41, 5.74) is 1.34. The Kier molecular flexibility index (Phi) is 4.46. The second-order valence-electron chi connectivity index (χ2n) is 5.19. The number of nitrogens with zero attached hydrogens (tertiary/aromatic N) is 1. The Morgan fingerprint density at radius 1 is 1.41 bits per heavy atom. The monoisotopic (exact) mass is 250 g/mol. The van der Waals surface area contributed by atoms with Gasteiger partial charge in [0, 0.05) is 24.0 Å². The van der Waals surface area contributed by atoms with Gasteiger partial charge in [-0.1, -0.05) is 26.8 Å². The minimum absolute atomic E-state index is 0.615. The smallest absolute Gasteiger partial charge is 0.101 e. The Bertz CT molecular complexity index is 361. The number of hydrogen-bond acceptors (Lipinski definition) is 3. The summed E-state index contributed by atoms with van der Waals surface area (Å²) in [6.45, 7) is 7.78. The van der Waals surface area contributed by atoms with Gasteiger partial charge in [0.2, 0.25) is 0 Å².